The predicted octanol–water partition coefficient (Wildman–Crippen LogP) is 2.30. The number of aromatic nitrogens is 4. The van der Waals surface area contributed by atoms with Gasteiger partial charge in [0.1, 0.15) is 12.1 Å². The molecule has 24 heavy (non-hydrogen) atoms. The van der Waals surface area contributed by atoms with E-state index in [0.29, 0.717) is 11.4 Å². The second kappa shape index (κ2) is 6.91. The molecule has 0 radical (unpaired) electrons. The van der Waals surface area contributed by atoms with E-state index < -0.39 is 0 Å². The molecule has 0 saturated heterocycles. The molecular formula is C17H17N5O2. The van der Waals surface area contributed by atoms with Gasteiger partial charge in [-0.05, 0) is 65.7 Å². The first-order valence-corrected chi connectivity index (χ1v) is 7.44. The van der Waals surface area contributed by atoms with Gasteiger partial charge in [-0.3, -0.25) is 4.79 Å². The number of amides is 1. The Morgan fingerprint density at radius 1 is 1.17 bits per heavy atom. The van der Waals surface area contributed by atoms with Gasteiger partial charge >= 0.3 is 0 Å². The smallest absolute Gasteiger partial charge is 0.262 e. The number of nitrogens with one attached hydrogen (secondary N) is 1. The molecule has 1 amide bonds. The third kappa shape index (κ3) is 3.95. The second-order valence-electron chi connectivity index (χ2n) is 5.46. The molecule has 1 aromatic heterocycles. The highest BCUT2D eigenvalue weighted by Gasteiger charge is 2.06. The maximum absolute atomic E-state index is 12.1. The number of hydrogen-bond acceptors (Lipinski definition) is 5. The highest BCUT2D eigenvalue weighted by molar-refractivity contribution is 5.92. The van der Waals surface area contributed by atoms with Crippen LogP contribution in [0.1, 0.15) is 11.1 Å². The fourth-order valence-electron chi connectivity index (χ4n) is 2.37. The number of carbonyl (C=O) groups excluding carboxylic acids is 1. The molecule has 3 rings (SSSR count). The van der Waals surface area contributed by atoms with Gasteiger partial charge in [0.05, 0.1) is 5.69 Å². The first kappa shape index (κ1) is 15.7. The van der Waals surface area contributed by atoms with Gasteiger partial charge in [0.25, 0.3) is 5.91 Å². The Hall–Kier alpha value is -3.22. The van der Waals surface area contributed by atoms with Crippen LogP contribution in [0, 0.1) is 13.8 Å². The van der Waals surface area contributed by atoms with Crippen molar-refractivity contribution in [2.45, 2.75) is 13.8 Å². The van der Waals surface area contributed by atoms with Crippen molar-refractivity contribution in [1.29, 1.82) is 0 Å². The van der Waals surface area contributed by atoms with E-state index in [-0.39, 0.29) is 12.5 Å². The van der Waals surface area contributed by atoms with Crippen LogP contribution < -0.4 is 10.1 Å². The van der Waals surface area contributed by atoms with E-state index in [0.717, 1.165) is 16.8 Å². The molecule has 0 aliphatic rings. The van der Waals surface area contributed by atoms with Crippen molar-refractivity contribution in [1.82, 2.24) is 20.2 Å². The zero-order valence-electron chi connectivity index (χ0n) is 13.4. The van der Waals surface area contributed by atoms with Gasteiger partial charge in [0, 0.05) is 5.69 Å². The number of tetrazole rings is 1. The van der Waals surface area contributed by atoms with Gasteiger partial charge in [-0.1, -0.05) is 12.1 Å². The van der Waals surface area contributed by atoms with Crippen LogP contribution >= 0.6 is 0 Å². The highest BCUT2D eigenvalue weighted by Crippen LogP contribution is 2.17. The van der Waals surface area contributed by atoms with Gasteiger partial charge in [-0.2, -0.15) is 0 Å². The summed E-state index contributed by atoms with van der Waals surface area (Å²) in [7, 11) is 0. The average Bonchev–Trinajstić information content (AvgIpc) is 3.07. The fourth-order valence-corrected chi connectivity index (χ4v) is 2.37. The van der Waals surface area contributed by atoms with Crippen LogP contribution in [0.15, 0.2) is 48.8 Å². The molecular weight excluding hydrogens is 306 g/mol. The van der Waals surface area contributed by atoms with E-state index in [1.165, 1.54) is 11.0 Å². The molecule has 0 saturated carbocycles. The summed E-state index contributed by atoms with van der Waals surface area (Å²) in [5, 5.41) is 13.8. The first-order valence-electron chi connectivity index (χ1n) is 7.44. The van der Waals surface area contributed by atoms with Crippen molar-refractivity contribution in [3.8, 4) is 11.4 Å². The topological polar surface area (TPSA) is 81.9 Å². The van der Waals surface area contributed by atoms with E-state index >= 15 is 0 Å². The SMILES string of the molecule is Cc1cc(C)cc(OCC(=O)Nc2cccc(-n3cnnn3)c2)c1. The van der Waals surface area contributed by atoms with Crippen LogP contribution in [0.2, 0.25) is 0 Å². The van der Waals surface area contributed by atoms with E-state index in [1.54, 1.807) is 12.1 Å². The Bertz CT molecular complexity index is 826. The number of benzene rings is 2. The van der Waals surface area contributed by atoms with Crippen molar-refractivity contribution in [2.24, 2.45) is 0 Å². The second-order valence-corrected chi connectivity index (χ2v) is 5.46. The number of carbonyl (C=O) groups is 1. The summed E-state index contributed by atoms with van der Waals surface area (Å²) in [6.07, 6.45) is 1.49. The highest BCUT2D eigenvalue weighted by atomic mass is 16.5. The summed E-state index contributed by atoms with van der Waals surface area (Å²) in [5.41, 5.74) is 3.60. The standard InChI is InChI=1S/C17H17N5O2/c1-12-6-13(2)8-16(7-12)24-10-17(23)19-14-4-3-5-15(9-14)22-11-18-20-21-22/h3-9,11H,10H2,1-2H3,(H,19,23). The maximum atomic E-state index is 12.1. The largest absolute Gasteiger partial charge is 0.484 e. The number of rotatable bonds is 5. The Kier molecular flexibility index (Phi) is 4.51. The summed E-state index contributed by atoms with van der Waals surface area (Å²) >= 11 is 0. The fraction of sp³-hybridized carbons (Fsp3) is 0.176. The quantitative estimate of drug-likeness (QED) is 0.779. The molecule has 122 valence electrons. The van der Waals surface area contributed by atoms with Gasteiger partial charge in [-0.15, -0.1) is 5.10 Å². The van der Waals surface area contributed by atoms with E-state index in [4.69, 9.17) is 4.74 Å². The predicted molar refractivity (Wildman–Crippen MR) is 89.2 cm³/mol. The van der Waals surface area contributed by atoms with E-state index in [9.17, 15) is 4.79 Å². The van der Waals surface area contributed by atoms with Gasteiger partial charge in [0.15, 0.2) is 6.61 Å². The van der Waals surface area contributed by atoms with Crippen molar-refractivity contribution in [2.75, 3.05) is 11.9 Å². The van der Waals surface area contributed by atoms with Crippen molar-refractivity contribution < 1.29 is 9.53 Å². The normalized spacial score (nSPS) is 10.4. The van der Waals surface area contributed by atoms with Crippen LogP contribution in [-0.4, -0.2) is 32.7 Å². The van der Waals surface area contributed by atoms with Gasteiger partial charge in [0.2, 0.25) is 0 Å². The number of hydrogen-bond donors (Lipinski definition) is 1. The molecule has 0 fully saturated rings. The third-order valence-electron chi connectivity index (χ3n) is 3.31. The zero-order chi connectivity index (χ0) is 16.9. The third-order valence-corrected chi connectivity index (χ3v) is 3.31. The summed E-state index contributed by atoms with van der Waals surface area (Å²) < 4.78 is 7.07. The lowest BCUT2D eigenvalue weighted by Crippen LogP contribution is -2.20. The lowest BCUT2D eigenvalue weighted by atomic mass is 10.1. The molecule has 7 heteroatoms. The van der Waals surface area contributed by atoms with E-state index in [2.05, 4.69) is 26.9 Å². The lowest BCUT2D eigenvalue weighted by molar-refractivity contribution is -0.118. The van der Waals surface area contributed by atoms with E-state index in [1.807, 2.05) is 38.1 Å². The van der Waals surface area contributed by atoms with Crippen LogP contribution in [0.3, 0.4) is 0 Å². The Morgan fingerprint density at radius 2 is 1.96 bits per heavy atom. The van der Waals surface area contributed by atoms with Gasteiger partial charge < -0.3 is 10.1 Å². The molecule has 7 nitrogen and oxygen atoms in total. The molecule has 0 bridgehead atoms. The summed E-state index contributed by atoms with van der Waals surface area (Å²) in [5.74, 6) is 0.452. The zero-order valence-corrected chi connectivity index (χ0v) is 13.4. The van der Waals surface area contributed by atoms with Crippen LogP contribution in [0.4, 0.5) is 5.69 Å². The number of nitrogens with zero attached hydrogens (tertiary/aromatic N) is 4. The molecule has 1 heterocycles. The Labute approximate surface area is 139 Å². The minimum Gasteiger partial charge on any atom is -0.484 e. The van der Waals surface area contributed by atoms with Crippen molar-refractivity contribution in [3.05, 3.63) is 59.9 Å². The van der Waals surface area contributed by atoms with Crippen LogP contribution in [0.5, 0.6) is 5.75 Å². The number of anilines is 1. The molecule has 0 aliphatic heterocycles. The Morgan fingerprint density at radius 3 is 2.67 bits per heavy atom. The maximum Gasteiger partial charge on any atom is 0.262 e. The number of ether oxygens (including phenoxy) is 1. The minimum absolute atomic E-state index is 0.0575. The monoisotopic (exact) mass is 323 g/mol. The molecule has 0 atom stereocenters. The minimum atomic E-state index is -0.233. The van der Waals surface area contributed by atoms with Gasteiger partial charge in [-0.25, -0.2) is 4.68 Å². The van der Waals surface area contributed by atoms with Crippen LogP contribution in [-0.2, 0) is 4.79 Å². The average molecular weight is 323 g/mol. The molecule has 0 aliphatic carbocycles. The lowest BCUT2D eigenvalue weighted by Gasteiger charge is -2.10. The van der Waals surface area contributed by atoms with Crippen molar-refractivity contribution in [3.63, 3.8) is 0 Å². The summed E-state index contributed by atoms with van der Waals surface area (Å²) in [6, 6.07) is 13.1. The molecule has 1 N–H and O–H groups in total. The Balaban J connectivity index is 1.62. The number of aryl methyl sites for hydroxylation is 2. The van der Waals surface area contributed by atoms with Crippen molar-refractivity contribution >= 4 is 11.6 Å². The summed E-state index contributed by atoms with van der Waals surface area (Å²) in [6.45, 7) is 3.92. The molecule has 2 aromatic carbocycles. The molecule has 0 unspecified atom stereocenters. The summed E-state index contributed by atoms with van der Waals surface area (Å²) in [4.78, 5) is 12.1. The first-order chi connectivity index (χ1) is 11.6. The van der Waals surface area contributed by atoms with Crippen LogP contribution in [0.25, 0.3) is 5.69 Å². The molecule has 3 aromatic rings. The molecule has 0 spiro atoms.